The fraction of sp³-hybridized carbons (Fsp3) is 0.143. The van der Waals surface area contributed by atoms with Crippen LogP contribution in [0.2, 0.25) is 0 Å². The maximum Gasteiger partial charge on any atom is 0.227 e. The minimum absolute atomic E-state index is 0.463. The molecular weight excluding hydrogens is 478 g/mol. The van der Waals surface area contributed by atoms with Gasteiger partial charge in [0.2, 0.25) is 5.95 Å². The Morgan fingerprint density at radius 3 is 2.55 bits per heavy atom. The monoisotopic (exact) mass is 501 g/mol. The molecule has 4 heterocycles. The molecule has 0 aliphatic carbocycles. The van der Waals surface area contributed by atoms with Crippen molar-refractivity contribution in [3.05, 3.63) is 91.0 Å². The van der Waals surface area contributed by atoms with Gasteiger partial charge in [0, 0.05) is 54.2 Å². The van der Waals surface area contributed by atoms with Crippen molar-refractivity contribution in [1.29, 1.82) is 5.26 Å². The van der Waals surface area contributed by atoms with E-state index in [-0.39, 0.29) is 0 Å². The first-order valence-electron chi connectivity index (χ1n) is 12.2. The highest BCUT2D eigenvalue weighted by Crippen LogP contribution is 2.27. The number of rotatable bonds is 6. The number of anilines is 3. The first kappa shape index (κ1) is 23.3. The second kappa shape index (κ2) is 10.5. The van der Waals surface area contributed by atoms with Crippen LogP contribution in [-0.2, 0) is 4.74 Å². The van der Waals surface area contributed by atoms with Crippen LogP contribution in [-0.4, -0.2) is 56.2 Å². The second-order valence-electron chi connectivity index (χ2n) is 8.71. The Labute approximate surface area is 219 Å². The highest BCUT2D eigenvalue weighted by molar-refractivity contribution is 5.70. The fourth-order valence-electron chi connectivity index (χ4n) is 4.27. The Hall–Kier alpha value is -5.14. The molecule has 0 spiro atoms. The molecule has 0 saturated carbocycles. The first-order valence-corrected chi connectivity index (χ1v) is 12.2. The summed E-state index contributed by atoms with van der Waals surface area (Å²) in [5, 5.41) is 21.3. The van der Waals surface area contributed by atoms with Crippen molar-refractivity contribution in [2.45, 2.75) is 0 Å². The van der Waals surface area contributed by atoms with Gasteiger partial charge in [0.1, 0.15) is 5.69 Å². The predicted octanol–water partition coefficient (Wildman–Crippen LogP) is 4.24. The van der Waals surface area contributed by atoms with Crippen LogP contribution >= 0.6 is 0 Å². The molecule has 0 atom stereocenters. The van der Waals surface area contributed by atoms with Gasteiger partial charge in [-0.25, -0.2) is 14.6 Å². The summed E-state index contributed by atoms with van der Waals surface area (Å²) < 4.78 is 7.19. The van der Waals surface area contributed by atoms with Crippen molar-refractivity contribution < 1.29 is 4.74 Å². The van der Waals surface area contributed by atoms with E-state index >= 15 is 0 Å². The van der Waals surface area contributed by atoms with Crippen molar-refractivity contribution in [3.63, 3.8) is 0 Å². The van der Waals surface area contributed by atoms with Crippen LogP contribution in [0.4, 0.5) is 17.3 Å². The van der Waals surface area contributed by atoms with Crippen molar-refractivity contribution >= 4 is 17.3 Å². The summed E-state index contributed by atoms with van der Waals surface area (Å²) in [5.74, 6) is 0.463. The smallest absolute Gasteiger partial charge is 0.227 e. The number of nitrogens with zero attached hydrogens (tertiary/aromatic N) is 8. The van der Waals surface area contributed by atoms with E-state index in [1.807, 2.05) is 60.8 Å². The number of hydrogen-bond acceptors (Lipinski definition) is 9. The van der Waals surface area contributed by atoms with E-state index in [0.717, 1.165) is 52.7 Å². The Morgan fingerprint density at radius 1 is 0.895 bits per heavy atom. The topological polar surface area (TPSA) is 118 Å². The van der Waals surface area contributed by atoms with Gasteiger partial charge in [-0.05, 0) is 60.7 Å². The molecule has 1 saturated heterocycles. The van der Waals surface area contributed by atoms with Gasteiger partial charge in [0.25, 0.3) is 0 Å². The lowest BCUT2D eigenvalue weighted by atomic mass is 10.1. The van der Waals surface area contributed by atoms with Crippen molar-refractivity contribution in [2.24, 2.45) is 0 Å². The van der Waals surface area contributed by atoms with Gasteiger partial charge in [0.05, 0.1) is 42.4 Å². The van der Waals surface area contributed by atoms with Crippen LogP contribution in [0, 0.1) is 11.3 Å². The van der Waals surface area contributed by atoms with E-state index in [1.54, 1.807) is 23.3 Å². The minimum Gasteiger partial charge on any atom is -0.378 e. The number of nitriles is 1. The molecule has 1 N–H and O–H groups in total. The maximum atomic E-state index is 9.59. The van der Waals surface area contributed by atoms with Crippen molar-refractivity contribution in [2.75, 3.05) is 36.5 Å². The molecule has 10 nitrogen and oxygen atoms in total. The van der Waals surface area contributed by atoms with Crippen molar-refractivity contribution in [1.82, 2.24) is 29.9 Å². The van der Waals surface area contributed by atoms with Gasteiger partial charge >= 0.3 is 0 Å². The van der Waals surface area contributed by atoms with Crippen LogP contribution in [0.25, 0.3) is 28.2 Å². The average molecular weight is 502 g/mol. The number of ether oxygens (including phenoxy) is 1. The molecule has 5 aromatic rings. The molecule has 0 radical (unpaired) electrons. The van der Waals surface area contributed by atoms with Crippen LogP contribution in [0.3, 0.4) is 0 Å². The molecule has 1 aliphatic rings. The summed E-state index contributed by atoms with van der Waals surface area (Å²) in [6.07, 6.45) is 7.06. The number of aromatic nitrogens is 6. The number of hydrogen-bond donors (Lipinski definition) is 1. The molecule has 186 valence electrons. The molecular formula is C28H23N9O. The Kier molecular flexibility index (Phi) is 6.41. The third kappa shape index (κ3) is 5.04. The standard InChI is InChI=1S/C28H23N9O/c29-17-20-14-22(16-25(15-20)36-10-12-38-13-11-36)26-7-9-31-28(33-26)32-23-3-5-24(6-4-23)37-19-27(34-35-37)21-2-1-8-30-18-21/h1-9,14-16,18-19H,10-13H2,(H,31,32,33). The molecule has 10 heteroatoms. The average Bonchev–Trinajstić information content (AvgIpc) is 3.49. The molecule has 1 aliphatic heterocycles. The summed E-state index contributed by atoms with van der Waals surface area (Å²) in [6.45, 7) is 2.94. The van der Waals surface area contributed by atoms with Crippen LogP contribution in [0.15, 0.2) is 85.5 Å². The molecule has 0 unspecified atom stereocenters. The zero-order valence-corrected chi connectivity index (χ0v) is 20.4. The lowest BCUT2D eigenvalue weighted by Crippen LogP contribution is -2.36. The molecule has 2 aromatic carbocycles. The minimum atomic E-state index is 0.463. The van der Waals surface area contributed by atoms with E-state index in [4.69, 9.17) is 9.72 Å². The van der Waals surface area contributed by atoms with Crippen LogP contribution < -0.4 is 10.2 Å². The van der Waals surface area contributed by atoms with Gasteiger partial charge < -0.3 is 15.0 Å². The molecule has 0 amide bonds. The zero-order chi connectivity index (χ0) is 25.7. The molecule has 38 heavy (non-hydrogen) atoms. The Morgan fingerprint density at radius 2 is 1.76 bits per heavy atom. The summed E-state index contributed by atoms with van der Waals surface area (Å²) in [6, 6.07) is 21.5. The molecule has 1 fully saturated rings. The summed E-state index contributed by atoms with van der Waals surface area (Å²) in [7, 11) is 0. The normalized spacial score (nSPS) is 13.2. The molecule has 3 aromatic heterocycles. The fourth-order valence-corrected chi connectivity index (χ4v) is 4.27. The van der Waals surface area contributed by atoms with E-state index in [2.05, 4.69) is 42.6 Å². The van der Waals surface area contributed by atoms with E-state index in [0.29, 0.717) is 24.7 Å². The lowest BCUT2D eigenvalue weighted by Gasteiger charge is -2.29. The van der Waals surface area contributed by atoms with Crippen molar-refractivity contribution in [3.8, 4) is 34.3 Å². The van der Waals surface area contributed by atoms with E-state index in [9.17, 15) is 5.26 Å². The summed E-state index contributed by atoms with van der Waals surface area (Å²) in [5.41, 5.74) is 6.54. The van der Waals surface area contributed by atoms with E-state index < -0.39 is 0 Å². The second-order valence-corrected chi connectivity index (χ2v) is 8.71. The Bertz CT molecular complexity index is 1590. The number of morpholine rings is 1. The quantitative estimate of drug-likeness (QED) is 0.364. The molecule has 0 bridgehead atoms. The van der Waals surface area contributed by atoms with Gasteiger partial charge in [0.15, 0.2) is 0 Å². The van der Waals surface area contributed by atoms with Gasteiger partial charge in [-0.1, -0.05) is 5.21 Å². The predicted molar refractivity (Wildman–Crippen MR) is 143 cm³/mol. The van der Waals surface area contributed by atoms with Crippen LogP contribution in [0.1, 0.15) is 5.56 Å². The van der Waals surface area contributed by atoms with Gasteiger partial charge in [-0.3, -0.25) is 4.98 Å². The number of nitrogens with one attached hydrogen (secondary N) is 1. The Balaban J connectivity index is 1.20. The lowest BCUT2D eigenvalue weighted by molar-refractivity contribution is 0.122. The van der Waals surface area contributed by atoms with E-state index in [1.165, 1.54) is 0 Å². The summed E-state index contributed by atoms with van der Waals surface area (Å²) in [4.78, 5) is 15.5. The first-order chi connectivity index (χ1) is 18.7. The zero-order valence-electron chi connectivity index (χ0n) is 20.4. The molecule has 6 rings (SSSR count). The number of benzene rings is 2. The van der Waals surface area contributed by atoms with Gasteiger partial charge in [-0.15, -0.1) is 5.10 Å². The SMILES string of the molecule is N#Cc1cc(-c2ccnc(Nc3ccc(-n4cc(-c5cccnc5)nn4)cc3)n2)cc(N2CCOCC2)c1. The third-order valence-electron chi connectivity index (χ3n) is 6.21. The highest BCUT2D eigenvalue weighted by Gasteiger charge is 2.14. The third-order valence-corrected chi connectivity index (χ3v) is 6.21. The highest BCUT2D eigenvalue weighted by atomic mass is 16.5. The van der Waals surface area contributed by atoms with Crippen LogP contribution in [0.5, 0.6) is 0 Å². The number of pyridine rings is 1. The summed E-state index contributed by atoms with van der Waals surface area (Å²) >= 11 is 0. The van der Waals surface area contributed by atoms with Gasteiger partial charge in [-0.2, -0.15) is 5.26 Å². The largest absolute Gasteiger partial charge is 0.378 e. The maximum absolute atomic E-state index is 9.59.